The number of amides is 1. The van der Waals surface area contributed by atoms with E-state index in [-0.39, 0.29) is 35.5 Å². The van der Waals surface area contributed by atoms with E-state index in [0.717, 1.165) is 16.7 Å². The van der Waals surface area contributed by atoms with E-state index in [1.54, 1.807) is 28.1 Å². The van der Waals surface area contributed by atoms with E-state index >= 15 is 0 Å². The molecule has 1 aliphatic rings. The lowest BCUT2D eigenvalue weighted by molar-refractivity contribution is -0.118. The van der Waals surface area contributed by atoms with Crippen LogP contribution in [-0.2, 0) is 24.6 Å². The SMILES string of the molecule is COc1ccc([C@](OC[C@H]2O[C@@H](n3cnc4c(=O)[nH]c(NC(=O)C(C)C)nc43)[C@H](OC)[C@@H]2O)(c2ccccc2)c2cccc(OC)c2)cc1. The summed E-state index contributed by atoms with van der Waals surface area (Å²) < 4.78 is 31.7. The van der Waals surface area contributed by atoms with Gasteiger partial charge in [-0.05, 0) is 41.0 Å². The number of aromatic nitrogens is 4. The molecular formula is C36H39N5O8. The van der Waals surface area contributed by atoms with Crippen molar-refractivity contribution < 1.29 is 33.6 Å². The molecular weight excluding hydrogens is 630 g/mol. The summed E-state index contributed by atoms with van der Waals surface area (Å²) in [5, 5.41) is 14.2. The van der Waals surface area contributed by atoms with E-state index in [1.807, 2.05) is 78.9 Å². The molecule has 1 fully saturated rings. The zero-order valence-corrected chi connectivity index (χ0v) is 27.8. The summed E-state index contributed by atoms with van der Waals surface area (Å²) >= 11 is 0. The molecule has 1 saturated heterocycles. The summed E-state index contributed by atoms with van der Waals surface area (Å²) in [6, 6.07) is 25.0. The first-order valence-corrected chi connectivity index (χ1v) is 15.8. The third-order valence-corrected chi connectivity index (χ3v) is 8.67. The first-order valence-electron chi connectivity index (χ1n) is 15.8. The molecule has 2 aromatic heterocycles. The van der Waals surface area contributed by atoms with E-state index in [0.29, 0.717) is 11.5 Å². The summed E-state index contributed by atoms with van der Waals surface area (Å²) in [6.45, 7) is 3.38. The topological polar surface area (TPSA) is 159 Å². The number of fused-ring (bicyclic) bond motifs is 1. The Labute approximate surface area is 282 Å². The van der Waals surface area contributed by atoms with E-state index in [1.165, 1.54) is 18.0 Å². The van der Waals surface area contributed by atoms with Crippen molar-refractivity contribution >= 4 is 23.0 Å². The molecule has 256 valence electrons. The highest BCUT2D eigenvalue weighted by molar-refractivity contribution is 5.91. The number of carbonyl (C=O) groups is 1. The number of aliphatic hydroxyl groups excluding tert-OH is 1. The molecule has 3 aromatic carbocycles. The van der Waals surface area contributed by atoms with Crippen molar-refractivity contribution in [3.05, 3.63) is 112 Å². The number of rotatable bonds is 12. The molecule has 0 spiro atoms. The van der Waals surface area contributed by atoms with Crippen molar-refractivity contribution in [3.63, 3.8) is 0 Å². The van der Waals surface area contributed by atoms with Crippen molar-refractivity contribution in [2.45, 2.75) is 44.0 Å². The summed E-state index contributed by atoms with van der Waals surface area (Å²) in [5.41, 5.74) is 0.899. The lowest BCUT2D eigenvalue weighted by Gasteiger charge is -2.37. The lowest BCUT2D eigenvalue weighted by Crippen LogP contribution is -2.40. The molecule has 1 aliphatic heterocycles. The van der Waals surface area contributed by atoms with Crippen LogP contribution in [0.25, 0.3) is 11.2 Å². The van der Waals surface area contributed by atoms with Gasteiger partial charge in [-0.25, -0.2) is 4.98 Å². The second-order valence-corrected chi connectivity index (χ2v) is 12.0. The number of aromatic amines is 1. The van der Waals surface area contributed by atoms with Gasteiger partial charge in [0.2, 0.25) is 11.9 Å². The number of imidazole rings is 1. The second kappa shape index (κ2) is 14.2. The smallest absolute Gasteiger partial charge is 0.280 e. The van der Waals surface area contributed by atoms with Crippen LogP contribution in [0, 0.1) is 5.92 Å². The van der Waals surface area contributed by atoms with Crippen molar-refractivity contribution in [2.24, 2.45) is 5.92 Å². The number of anilines is 1. The number of ether oxygens (including phenoxy) is 5. The lowest BCUT2D eigenvalue weighted by atomic mass is 9.80. The Morgan fingerprint density at radius 3 is 2.35 bits per heavy atom. The number of aliphatic hydroxyl groups is 1. The average Bonchev–Trinajstić information content (AvgIpc) is 3.69. The molecule has 13 heteroatoms. The molecule has 0 bridgehead atoms. The quantitative estimate of drug-likeness (QED) is 0.166. The van der Waals surface area contributed by atoms with Crippen LogP contribution in [0.5, 0.6) is 11.5 Å². The maximum absolute atomic E-state index is 12.9. The fourth-order valence-corrected chi connectivity index (χ4v) is 6.07. The van der Waals surface area contributed by atoms with Gasteiger partial charge in [0, 0.05) is 13.0 Å². The third-order valence-electron chi connectivity index (χ3n) is 8.67. The van der Waals surface area contributed by atoms with Gasteiger partial charge < -0.3 is 28.8 Å². The van der Waals surface area contributed by atoms with Crippen LogP contribution < -0.4 is 20.3 Å². The molecule has 49 heavy (non-hydrogen) atoms. The zero-order valence-electron chi connectivity index (χ0n) is 27.8. The van der Waals surface area contributed by atoms with Crippen LogP contribution in [-0.4, -0.2) is 76.8 Å². The van der Waals surface area contributed by atoms with Crippen LogP contribution in [0.1, 0.15) is 36.8 Å². The highest BCUT2D eigenvalue weighted by atomic mass is 16.6. The molecule has 0 aliphatic carbocycles. The number of hydrogen-bond acceptors (Lipinski definition) is 10. The Morgan fingerprint density at radius 1 is 0.980 bits per heavy atom. The minimum absolute atomic E-state index is 0.0317. The van der Waals surface area contributed by atoms with Gasteiger partial charge in [0.25, 0.3) is 5.56 Å². The maximum atomic E-state index is 12.9. The minimum atomic E-state index is -1.17. The molecule has 1 amide bonds. The molecule has 5 aromatic rings. The largest absolute Gasteiger partial charge is 0.497 e. The fraction of sp³-hybridized carbons (Fsp3) is 0.333. The van der Waals surface area contributed by atoms with E-state index in [2.05, 4.69) is 20.3 Å². The van der Waals surface area contributed by atoms with Crippen molar-refractivity contribution in [3.8, 4) is 11.5 Å². The summed E-state index contributed by atoms with van der Waals surface area (Å²) in [5.74, 6) is 0.642. The monoisotopic (exact) mass is 669 g/mol. The molecule has 5 atom stereocenters. The Balaban J connectivity index is 1.39. The number of benzene rings is 3. The number of nitrogens with one attached hydrogen (secondary N) is 2. The molecule has 3 N–H and O–H groups in total. The van der Waals surface area contributed by atoms with Gasteiger partial charge in [-0.15, -0.1) is 0 Å². The second-order valence-electron chi connectivity index (χ2n) is 12.0. The predicted octanol–water partition coefficient (Wildman–Crippen LogP) is 4.01. The number of carbonyl (C=O) groups excluding carboxylic acids is 1. The van der Waals surface area contributed by atoms with Crippen LogP contribution in [0.3, 0.4) is 0 Å². The van der Waals surface area contributed by atoms with Crippen LogP contribution >= 0.6 is 0 Å². The van der Waals surface area contributed by atoms with Gasteiger partial charge >= 0.3 is 0 Å². The first kappa shape index (κ1) is 33.8. The Bertz CT molecular complexity index is 1960. The van der Waals surface area contributed by atoms with Crippen LogP contribution in [0.15, 0.2) is 90.0 Å². The van der Waals surface area contributed by atoms with E-state index < -0.39 is 35.7 Å². The predicted molar refractivity (Wildman–Crippen MR) is 181 cm³/mol. The van der Waals surface area contributed by atoms with Crippen molar-refractivity contribution in [2.75, 3.05) is 33.3 Å². The first-order chi connectivity index (χ1) is 23.7. The third kappa shape index (κ3) is 6.41. The summed E-state index contributed by atoms with van der Waals surface area (Å²) in [6.07, 6.45) is -2.46. The van der Waals surface area contributed by atoms with Gasteiger partial charge in [-0.3, -0.25) is 24.5 Å². The summed E-state index contributed by atoms with van der Waals surface area (Å²) in [4.78, 5) is 36.5. The molecule has 0 saturated carbocycles. The van der Waals surface area contributed by atoms with Crippen LogP contribution in [0.4, 0.5) is 5.95 Å². The Kier molecular flexibility index (Phi) is 9.79. The molecule has 13 nitrogen and oxygen atoms in total. The number of hydrogen-bond donors (Lipinski definition) is 3. The maximum Gasteiger partial charge on any atom is 0.280 e. The van der Waals surface area contributed by atoms with E-state index in [9.17, 15) is 14.7 Å². The van der Waals surface area contributed by atoms with Crippen molar-refractivity contribution in [1.82, 2.24) is 19.5 Å². The van der Waals surface area contributed by atoms with Crippen molar-refractivity contribution in [1.29, 1.82) is 0 Å². The van der Waals surface area contributed by atoms with Gasteiger partial charge in [0.1, 0.15) is 35.4 Å². The fourth-order valence-electron chi connectivity index (χ4n) is 6.07. The highest BCUT2D eigenvalue weighted by Gasteiger charge is 2.48. The minimum Gasteiger partial charge on any atom is -0.497 e. The summed E-state index contributed by atoms with van der Waals surface area (Å²) in [7, 11) is 4.68. The molecule has 6 rings (SSSR count). The molecule has 0 radical (unpaired) electrons. The Morgan fingerprint density at radius 2 is 1.67 bits per heavy atom. The van der Waals surface area contributed by atoms with Crippen LogP contribution in [0.2, 0.25) is 0 Å². The molecule has 3 heterocycles. The standard InChI is InChI=1S/C36H39N5O8/c1-21(2)32(43)39-35-38-31-28(33(44)40-35)37-20-41(31)34-30(47-5)29(42)27(49-34)19-48-36(22-10-7-6-8-11-22,23-14-16-25(45-3)17-15-23)24-12-9-13-26(18-24)46-4/h6-18,20-21,27,29-30,34,42H,19H2,1-5H3,(H2,38,39,40,43,44)/t27-,29-,30-,34-,36-/m1/s1. The van der Waals surface area contributed by atoms with Gasteiger partial charge in [-0.1, -0.05) is 68.4 Å². The van der Waals surface area contributed by atoms with Gasteiger partial charge in [-0.2, -0.15) is 4.98 Å². The van der Waals surface area contributed by atoms with Gasteiger partial charge in [0.15, 0.2) is 17.4 Å². The van der Waals surface area contributed by atoms with Gasteiger partial charge in [0.05, 0.1) is 27.2 Å². The number of nitrogens with zero attached hydrogens (tertiary/aromatic N) is 3. The molecule has 0 unspecified atom stereocenters. The normalized spacial score (nSPS) is 20.3. The van der Waals surface area contributed by atoms with E-state index in [4.69, 9.17) is 23.7 Å². The number of H-pyrrole nitrogens is 1. The highest BCUT2D eigenvalue weighted by Crippen LogP contribution is 2.43. The zero-order chi connectivity index (χ0) is 34.7. The average molecular weight is 670 g/mol. The Hall–Kier alpha value is -5.08. The number of methoxy groups -OCH3 is 3.